The molecule has 1 aliphatic heterocycles. The van der Waals surface area contributed by atoms with Crippen LogP contribution in [0.4, 0.5) is 10.5 Å². The first-order chi connectivity index (χ1) is 14.1. The van der Waals surface area contributed by atoms with E-state index in [9.17, 15) is 4.48 Å². The molecule has 0 spiro atoms. The lowest BCUT2D eigenvalue weighted by atomic mass is 10.0. The van der Waals surface area contributed by atoms with Crippen molar-refractivity contribution in [1.82, 2.24) is 29.6 Å². The SMILES string of the molecule is COc1cccn2nc([C@@H]3c4ncn(F)c4CCN3c3nnc(C(C)P)o3)cc12. The maximum Gasteiger partial charge on any atom is 0.319 e. The molecule has 5 heterocycles. The molecule has 150 valence electrons. The average molecular weight is 415 g/mol. The van der Waals surface area contributed by atoms with Crippen LogP contribution in [0.2, 0.25) is 0 Å². The van der Waals surface area contributed by atoms with Gasteiger partial charge < -0.3 is 14.1 Å². The quantitative estimate of drug-likeness (QED) is 0.474. The van der Waals surface area contributed by atoms with E-state index in [4.69, 9.17) is 14.3 Å². The zero-order valence-electron chi connectivity index (χ0n) is 15.9. The van der Waals surface area contributed by atoms with Crippen LogP contribution in [-0.4, -0.2) is 43.2 Å². The fourth-order valence-electron chi connectivity index (χ4n) is 3.68. The molecule has 29 heavy (non-hydrogen) atoms. The summed E-state index contributed by atoms with van der Waals surface area (Å²) in [7, 11) is 4.25. The summed E-state index contributed by atoms with van der Waals surface area (Å²) in [6.45, 7) is 2.44. The van der Waals surface area contributed by atoms with Gasteiger partial charge in [0.05, 0.1) is 24.2 Å². The van der Waals surface area contributed by atoms with Crippen LogP contribution in [0.3, 0.4) is 0 Å². The maximum atomic E-state index is 14.2. The Balaban J connectivity index is 1.66. The largest absolute Gasteiger partial charge is 0.494 e. The fraction of sp³-hybridized carbons (Fsp3) is 0.333. The van der Waals surface area contributed by atoms with E-state index < -0.39 is 6.04 Å². The summed E-state index contributed by atoms with van der Waals surface area (Å²) in [6, 6.07) is 5.54. The highest BCUT2D eigenvalue weighted by atomic mass is 31.0. The van der Waals surface area contributed by atoms with E-state index in [0.29, 0.717) is 52.5 Å². The van der Waals surface area contributed by atoms with Crippen molar-refractivity contribution in [1.29, 1.82) is 0 Å². The number of hydrogen-bond donors (Lipinski definition) is 0. The van der Waals surface area contributed by atoms with Gasteiger partial charge in [-0.25, -0.2) is 9.50 Å². The summed E-state index contributed by atoms with van der Waals surface area (Å²) in [4.78, 5) is 6.81. The monoisotopic (exact) mass is 415 g/mol. The number of nitrogens with zero attached hydrogens (tertiary/aromatic N) is 7. The first kappa shape index (κ1) is 18.1. The lowest BCUT2D eigenvalue weighted by molar-refractivity contribution is 0.347. The predicted octanol–water partition coefficient (Wildman–Crippen LogP) is 2.74. The third kappa shape index (κ3) is 2.86. The minimum atomic E-state index is -0.464. The van der Waals surface area contributed by atoms with Crippen molar-refractivity contribution in [3.63, 3.8) is 0 Å². The molecule has 0 saturated carbocycles. The molecule has 0 aromatic carbocycles. The van der Waals surface area contributed by atoms with E-state index in [1.54, 1.807) is 11.6 Å². The fourth-order valence-corrected chi connectivity index (χ4v) is 3.81. The number of hydrogen-bond acceptors (Lipinski definition) is 7. The van der Waals surface area contributed by atoms with Gasteiger partial charge in [0.25, 0.3) is 0 Å². The second-order valence-corrected chi connectivity index (χ2v) is 7.92. The first-order valence-corrected chi connectivity index (χ1v) is 9.83. The number of fused-ring (bicyclic) bond motifs is 2. The molecule has 4 aromatic heterocycles. The second kappa shape index (κ2) is 6.81. The topological polar surface area (TPSA) is 86.5 Å². The maximum absolute atomic E-state index is 14.2. The van der Waals surface area contributed by atoms with E-state index >= 15 is 0 Å². The number of rotatable bonds is 4. The molecule has 0 aliphatic carbocycles. The summed E-state index contributed by atoms with van der Waals surface area (Å²) < 4.78 is 27.3. The molecule has 0 saturated heterocycles. The molecule has 1 aliphatic rings. The molecule has 3 atom stereocenters. The van der Waals surface area contributed by atoms with E-state index in [-0.39, 0.29) is 5.66 Å². The highest BCUT2D eigenvalue weighted by Crippen LogP contribution is 2.38. The molecule has 4 aromatic rings. The standard InChI is InChI=1S/C18H19FN7O2P/c1-10(29)17-21-22-18(28-17)24-7-5-12-15(20-9-25(12)19)16(24)11-8-13-14(27-2)4-3-6-26(13)23-11/h3-4,6,8-10,16H,5,7,29H2,1-2H3/t10?,16-/m1/s1. The Bertz CT molecular complexity index is 1180. The average Bonchev–Trinajstić information content (AvgIpc) is 3.45. The highest BCUT2D eigenvalue weighted by molar-refractivity contribution is 7.17. The van der Waals surface area contributed by atoms with Gasteiger partial charge >= 0.3 is 6.01 Å². The number of methoxy groups -OCH3 is 1. The first-order valence-electron chi connectivity index (χ1n) is 9.17. The van der Waals surface area contributed by atoms with E-state index in [0.717, 1.165) is 5.52 Å². The van der Waals surface area contributed by atoms with Crippen LogP contribution in [0.1, 0.15) is 41.6 Å². The lowest BCUT2D eigenvalue weighted by Crippen LogP contribution is -2.37. The van der Waals surface area contributed by atoms with Crippen LogP contribution in [-0.2, 0) is 6.42 Å². The van der Waals surface area contributed by atoms with Crippen molar-refractivity contribution < 1.29 is 13.6 Å². The Morgan fingerprint density at radius 2 is 2.24 bits per heavy atom. The molecule has 9 nitrogen and oxygen atoms in total. The van der Waals surface area contributed by atoms with E-state index in [1.165, 1.54) is 6.33 Å². The van der Waals surface area contributed by atoms with Gasteiger partial charge in [0, 0.05) is 24.8 Å². The predicted molar refractivity (Wildman–Crippen MR) is 106 cm³/mol. The number of anilines is 1. The van der Waals surface area contributed by atoms with Crippen LogP contribution < -0.4 is 9.64 Å². The van der Waals surface area contributed by atoms with Crippen LogP contribution in [0.25, 0.3) is 5.52 Å². The Hall–Kier alpha value is -3.00. The van der Waals surface area contributed by atoms with Crippen molar-refractivity contribution >= 4 is 20.8 Å². The van der Waals surface area contributed by atoms with Crippen molar-refractivity contribution in [2.45, 2.75) is 25.0 Å². The van der Waals surface area contributed by atoms with Gasteiger partial charge in [0.2, 0.25) is 5.89 Å². The number of imidazole rings is 1. The summed E-state index contributed by atoms with van der Waals surface area (Å²) in [5.74, 6) is 1.21. The van der Waals surface area contributed by atoms with Gasteiger partial charge in [0.15, 0.2) is 0 Å². The van der Waals surface area contributed by atoms with Crippen molar-refractivity contribution in [2.75, 3.05) is 18.6 Å². The van der Waals surface area contributed by atoms with Gasteiger partial charge in [-0.3, -0.25) is 0 Å². The van der Waals surface area contributed by atoms with Crippen LogP contribution in [0, 0.1) is 0 Å². The molecule has 0 radical (unpaired) electrons. The van der Waals surface area contributed by atoms with Gasteiger partial charge in [-0.05, 0) is 18.2 Å². The van der Waals surface area contributed by atoms with Crippen molar-refractivity contribution in [2.24, 2.45) is 0 Å². The number of aromatic nitrogens is 6. The third-order valence-electron chi connectivity index (χ3n) is 5.06. The third-order valence-corrected chi connectivity index (χ3v) is 5.34. The normalized spacial score (nSPS) is 17.5. The van der Waals surface area contributed by atoms with E-state index in [2.05, 4.69) is 24.4 Å². The molecule has 0 amide bonds. The van der Waals surface area contributed by atoms with Crippen LogP contribution in [0.15, 0.2) is 35.1 Å². The molecule has 0 bridgehead atoms. The molecular weight excluding hydrogens is 396 g/mol. The van der Waals surface area contributed by atoms with E-state index in [1.807, 2.05) is 36.2 Å². The van der Waals surface area contributed by atoms with Crippen molar-refractivity contribution in [3.05, 3.63) is 53.7 Å². The zero-order chi connectivity index (χ0) is 20.1. The Labute approximate surface area is 167 Å². The Morgan fingerprint density at radius 1 is 1.38 bits per heavy atom. The molecule has 0 fully saturated rings. The highest BCUT2D eigenvalue weighted by Gasteiger charge is 2.37. The van der Waals surface area contributed by atoms with Gasteiger partial charge in [0.1, 0.15) is 23.6 Å². The number of halogens is 1. The summed E-state index contributed by atoms with van der Waals surface area (Å²) >= 11 is 0. The molecule has 11 heteroatoms. The van der Waals surface area contributed by atoms with Crippen molar-refractivity contribution in [3.8, 4) is 5.75 Å². The van der Waals surface area contributed by atoms with Gasteiger partial charge in [-0.1, -0.05) is 16.5 Å². The summed E-state index contributed by atoms with van der Waals surface area (Å²) in [5.41, 5.74) is 2.63. The summed E-state index contributed by atoms with van der Waals surface area (Å²) in [6.07, 6.45) is 3.48. The van der Waals surface area contributed by atoms with Crippen LogP contribution >= 0.6 is 9.24 Å². The zero-order valence-corrected chi connectivity index (χ0v) is 17.0. The van der Waals surface area contributed by atoms with Crippen LogP contribution in [0.5, 0.6) is 5.75 Å². The molecule has 0 N–H and O–H groups in total. The Morgan fingerprint density at radius 3 is 3.00 bits per heavy atom. The smallest absolute Gasteiger partial charge is 0.319 e. The number of ether oxygens (including phenoxy) is 1. The molecular formula is C18H19FN7O2P. The molecule has 2 unspecified atom stereocenters. The second-order valence-electron chi connectivity index (χ2n) is 6.92. The minimum Gasteiger partial charge on any atom is -0.494 e. The Kier molecular flexibility index (Phi) is 4.24. The van der Waals surface area contributed by atoms with Gasteiger partial charge in [-0.15, -0.1) is 14.3 Å². The van der Waals surface area contributed by atoms with Gasteiger partial charge in [-0.2, -0.15) is 9.89 Å². The lowest BCUT2D eigenvalue weighted by Gasteiger charge is -2.32. The summed E-state index contributed by atoms with van der Waals surface area (Å²) in [5, 5.41) is 13.0. The minimum absolute atomic E-state index is 0.0274. The molecule has 5 rings (SSSR count). The number of pyridine rings is 1.